The maximum atomic E-state index is 5.74. The van der Waals surface area contributed by atoms with E-state index in [1.54, 1.807) is 6.20 Å². The van der Waals surface area contributed by atoms with Crippen molar-refractivity contribution in [3.63, 3.8) is 0 Å². The Morgan fingerprint density at radius 3 is 2.71 bits per heavy atom. The highest BCUT2D eigenvalue weighted by molar-refractivity contribution is 5.95. The van der Waals surface area contributed by atoms with E-state index in [2.05, 4.69) is 37.4 Å². The summed E-state index contributed by atoms with van der Waals surface area (Å²) in [6, 6.07) is 14.1. The van der Waals surface area contributed by atoms with E-state index in [4.69, 9.17) is 5.73 Å². The number of anilines is 1. The van der Waals surface area contributed by atoms with E-state index < -0.39 is 0 Å². The highest BCUT2D eigenvalue weighted by Crippen LogP contribution is 2.29. The molecule has 0 atom stereocenters. The molecule has 0 radical (unpaired) electrons. The van der Waals surface area contributed by atoms with Gasteiger partial charge in [-0.15, -0.1) is 5.10 Å². The van der Waals surface area contributed by atoms with Gasteiger partial charge in [-0.2, -0.15) is 4.68 Å². The van der Waals surface area contributed by atoms with Crippen molar-refractivity contribution in [2.24, 2.45) is 0 Å². The Kier molecular flexibility index (Phi) is 2.43. The minimum absolute atomic E-state index is 0.169. The Labute approximate surface area is 118 Å². The van der Waals surface area contributed by atoms with Crippen molar-refractivity contribution in [2.75, 3.05) is 5.73 Å². The summed E-state index contributed by atoms with van der Waals surface area (Å²) in [6.07, 6.45) is 1.66. The van der Waals surface area contributed by atoms with Crippen LogP contribution < -0.4 is 5.73 Å². The molecule has 0 saturated carbocycles. The second kappa shape index (κ2) is 4.41. The summed E-state index contributed by atoms with van der Waals surface area (Å²) in [7, 11) is 0. The molecule has 7 heteroatoms. The van der Waals surface area contributed by atoms with Gasteiger partial charge in [0.25, 0.3) is 0 Å². The van der Waals surface area contributed by atoms with Gasteiger partial charge in [-0.25, -0.2) is 4.63 Å². The molecular formula is C14H10N6O. The number of hydrogen-bond donors (Lipinski definition) is 1. The van der Waals surface area contributed by atoms with E-state index in [1.165, 1.54) is 4.68 Å². The second-order valence-corrected chi connectivity index (χ2v) is 4.53. The Balaban J connectivity index is 1.99. The number of fused-ring (bicyclic) bond motifs is 1. The van der Waals surface area contributed by atoms with Crippen molar-refractivity contribution in [3.05, 3.63) is 48.7 Å². The predicted molar refractivity (Wildman–Crippen MR) is 76.6 cm³/mol. The summed E-state index contributed by atoms with van der Waals surface area (Å²) in [4.78, 5) is 0. The van der Waals surface area contributed by atoms with Gasteiger partial charge in [0.2, 0.25) is 11.6 Å². The molecule has 0 aliphatic rings. The van der Waals surface area contributed by atoms with Crippen molar-refractivity contribution < 1.29 is 4.63 Å². The molecule has 0 unspecified atom stereocenters. The largest absolute Gasteiger partial charge is 0.378 e. The summed E-state index contributed by atoms with van der Waals surface area (Å²) in [5.41, 5.74) is 7.49. The minimum atomic E-state index is 0.169. The molecule has 0 aliphatic carbocycles. The summed E-state index contributed by atoms with van der Waals surface area (Å²) in [6.45, 7) is 0. The average Bonchev–Trinajstić information content (AvgIpc) is 3.15. The molecular weight excluding hydrogens is 268 g/mol. The van der Waals surface area contributed by atoms with Crippen LogP contribution in [0.5, 0.6) is 0 Å². The smallest absolute Gasteiger partial charge is 0.243 e. The van der Waals surface area contributed by atoms with Crippen LogP contribution in [0.4, 0.5) is 5.82 Å². The minimum Gasteiger partial charge on any atom is -0.378 e. The number of aromatic nitrogens is 5. The van der Waals surface area contributed by atoms with Crippen molar-refractivity contribution in [1.82, 2.24) is 25.3 Å². The number of rotatable bonds is 2. The first-order chi connectivity index (χ1) is 10.3. The molecule has 21 heavy (non-hydrogen) atoms. The van der Waals surface area contributed by atoms with Gasteiger partial charge in [0.1, 0.15) is 0 Å². The van der Waals surface area contributed by atoms with Gasteiger partial charge >= 0.3 is 0 Å². The molecule has 7 nitrogen and oxygen atoms in total. The molecule has 0 fully saturated rings. The predicted octanol–water partition coefficient (Wildman–Crippen LogP) is 2.05. The maximum absolute atomic E-state index is 5.74. The highest BCUT2D eigenvalue weighted by Gasteiger charge is 2.16. The SMILES string of the molecule is Nc1nonc1-n1nncc1-c1cccc2ccccc12. The van der Waals surface area contributed by atoms with Crippen molar-refractivity contribution in [3.8, 4) is 17.1 Å². The Morgan fingerprint density at radius 1 is 1.00 bits per heavy atom. The fourth-order valence-corrected chi connectivity index (χ4v) is 2.36. The van der Waals surface area contributed by atoms with Gasteiger partial charge in [0.05, 0.1) is 11.9 Å². The topological polar surface area (TPSA) is 95.7 Å². The molecule has 0 saturated heterocycles. The normalized spacial score (nSPS) is 11.0. The molecule has 0 aliphatic heterocycles. The average molecular weight is 278 g/mol. The van der Waals surface area contributed by atoms with Crippen LogP contribution in [0.25, 0.3) is 27.8 Å². The van der Waals surface area contributed by atoms with Gasteiger partial charge < -0.3 is 5.73 Å². The Hall–Kier alpha value is -3.22. The van der Waals surface area contributed by atoms with Crippen LogP contribution >= 0.6 is 0 Å². The van der Waals surface area contributed by atoms with Crippen LogP contribution in [0.15, 0.2) is 53.3 Å². The lowest BCUT2D eigenvalue weighted by atomic mass is 10.0. The summed E-state index contributed by atoms with van der Waals surface area (Å²) < 4.78 is 6.16. The first kappa shape index (κ1) is 11.6. The third-order valence-corrected chi connectivity index (χ3v) is 3.31. The zero-order valence-corrected chi connectivity index (χ0v) is 10.8. The highest BCUT2D eigenvalue weighted by atomic mass is 16.6. The van der Waals surface area contributed by atoms with E-state index in [0.717, 1.165) is 22.0 Å². The maximum Gasteiger partial charge on any atom is 0.243 e. The molecule has 0 bridgehead atoms. The summed E-state index contributed by atoms with van der Waals surface area (Å²) in [5.74, 6) is 0.498. The number of nitrogens with zero attached hydrogens (tertiary/aromatic N) is 5. The Bertz CT molecular complexity index is 921. The van der Waals surface area contributed by atoms with Gasteiger partial charge in [0, 0.05) is 5.56 Å². The number of hydrogen-bond acceptors (Lipinski definition) is 6. The van der Waals surface area contributed by atoms with Gasteiger partial charge in [-0.1, -0.05) is 47.7 Å². The monoisotopic (exact) mass is 278 g/mol. The third kappa shape index (κ3) is 1.75. The zero-order valence-electron chi connectivity index (χ0n) is 10.8. The van der Waals surface area contributed by atoms with Crippen LogP contribution in [-0.4, -0.2) is 25.3 Å². The zero-order chi connectivity index (χ0) is 14.2. The van der Waals surface area contributed by atoms with Crippen molar-refractivity contribution >= 4 is 16.6 Å². The van der Waals surface area contributed by atoms with E-state index in [1.807, 2.05) is 30.3 Å². The first-order valence-corrected chi connectivity index (χ1v) is 6.32. The molecule has 4 rings (SSSR count). The molecule has 0 amide bonds. The van der Waals surface area contributed by atoms with E-state index in [9.17, 15) is 0 Å². The van der Waals surface area contributed by atoms with Crippen LogP contribution in [0.2, 0.25) is 0 Å². The van der Waals surface area contributed by atoms with Crippen LogP contribution in [-0.2, 0) is 0 Å². The van der Waals surface area contributed by atoms with Gasteiger partial charge in [-0.3, -0.25) is 0 Å². The number of nitrogen functional groups attached to an aromatic ring is 1. The lowest BCUT2D eigenvalue weighted by Crippen LogP contribution is -2.03. The molecule has 0 spiro atoms. The van der Waals surface area contributed by atoms with Gasteiger partial charge in [0.15, 0.2) is 0 Å². The van der Waals surface area contributed by atoms with Crippen molar-refractivity contribution in [2.45, 2.75) is 0 Å². The van der Waals surface area contributed by atoms with Crippen LogP contribution in [0.1, 0.15) is 0 Å². The van der Waals surface area contributed by atoms with Gasteiger partial charge in [-0.05, 0) is 21.1 Å². The van der Waals surface area contributed by atoms with Crippen LogP contribution in [0, 0.1) is 0 Å². The van der Waals surface area contributed by atoms with Crippen LogP contribution in [0.3, 0.4) is 0 Å². The number of benzene rings is 2. The molecule has 2 N–H and O–H groups in total. The van der Waals surface area contributed by atoms with E-state index in [-0.39, 0.29) is 5.82 Å². The standard InChI is InChI=1S/C14H10N6O/c15-13-14(18-21-17-13)20-12(8-16-19-20)11-7-3-5-9-4-1-2-6-10(9)11/h1-8H,(H2,15,17). The van der Waals surface area contributed by atoms with E-state index in [0.29, 0.717) is 5.82 Å². The fourth-order valence-electron chi connectivity index (χ4n) is 2.36. The molecule has 102 valence electrons. The lowest BCUT2D eigenvalue weighted by Gasteiger charge is -2.07. The Morgan fingerprint density at radius 2 is 1.86 bits per heavy atom. The van der Waals surface area contributed by atoms with Crippen molar-refractivity contribution in [1.29, 1.82) is 0 Å². The number of nitrogens with two attached hydrogens (primary N) is 1. The summed E-state index contributed by atoms with van der Waals surface area (Å²) >= 11 is 0. The molecule has 2 aromatic heterocycles. The second-order valence-electron chi connectivity index (χ2n) is 4.53. The van der Waals surface area contributed by atoms with E-state index >= 15 is 0 Å². The quantitative estimate of drug-likeness (QED) is 0.603. The lowest BCUT2D eigenvalue weighted by molar-refractivity contribution is 0.307. The third-order valence-electron chi connectivity index (χ3n) is 3.31. The molecule has 4 aromatic rings. The first-order valence-electron chi connectivity index (χ1n) is 6.32. The fraction of sp³-hybridized carbons (Fsp3) is 0. The summed E-state index contributed by atoms with van der Waals surface area (Å²) in [5, 5.41) is 17.6. The molecule has 2 aromatic carbocycles. The molecule has 2 heterocycles.